The minimum Gasteiger partial charge on any atom is -0.393 e. The molecule has 1 aliphatic heterocycles. The zero-order valence-electron chi connectivity index (χ0n) is 10.5. The van der Waals surface area contributed by atoms with Gasteiger partial charge in [0.25, 0.3) is 0 Å². The number of carbonyl (C=O) groups is 1. The van der Waals surface area contributed by atoms with Gasteiger partial charge in [-0.25, -0.2) is 0 Å². The third-order valence-corrected chi connectivity index (χ3v) is 4.54. The van der Waals surface area contributed by atoms with Gasteiger partial charge in [-0.15, -0.1) is 0 Å². The molecule has 3 unspecified atom stereocenters. The van der Waals surface area contributed by atoms with Crippen molar-refractivity contribution in [1.82, 2.24) is 4.90 Å². The molecular formula is C13H22N2OS. The van der Waals surface area contributed by atoms with E-state index in [1.165, 1.54) is 19.3 Å². The van der Waals surface area contributed by atoms with Gasteiger partial charge in [-0.3, -0.25) is 4.79 Å². The first-order valence-electron chi connectivity index (χ1n) is 6.71. The van der Waals surface area contributed by atoms with Gasteiger partial charge in [-0.1, -0.05) is 32.0 Å². The number of carbonyl (C=O) groups excluding carboxylic acids is 1. The Labute approximate surface area is 109 Å². The zero-order valence-corrected chi connectivity index (χ0v) is 11.3. The largest absolute Gasteiger partial charge is 0.393 e. The van der Waals surface area contributed by atoms with Crippen molar-refractivity contribution in [2.75, 3.05) is 13.1 Å². The van der Waals surface area contributed by atoms with E-state index in [0.29, 0.717) is 4.99 Å². The normalized spacial score (nSPS) is 29.1. The number of nitrogens with zero attached hydrogens (tertiary/aromatic N) is 1. The van der Waals surface area contributed by atoms with E-state index in [4.69, 9.17) is 18.0 Å². The van der Waals surface area contributed by atoms with Gasteiger partial charge in [0.05, 0.1) is 10.9 Å². The fraction of sp³-hybridized carbons (Fsp3) is 0.846. The molecule has 2 fully saturated rings. The number of hydrogen-bond acceptors (Lipinski definition) is 2. The monoisotopic (exact) mass is 254 g/mol. The van der Waals surface area contributed by atoms with Crippen LogP contribution in [-0.2, 0) is 4.79 Å². The topological polar surface area (TPSA) is 46.3 Å². The maximum absolute atomic E-state index is 12.4. The van der Waals surface area contributed by atoms with E-state index in [1.54, 1.807) is 0 Å². The summed E-state index contributed by atoms with van der Waals surface area (Å²) in [7, 11) is 0. The van der Waals surface area contributed by atoms with Crippen LogP contribution in [0.5, 0.6) is 0 Å². The van der Waals surface area contributed by atoms with Gasteiger partial charge in [0.1, 0.15) is 0 Å². The molecule has 2 aliphatic rings. The molecule has 2 N–H and O–H groups in total. The van der Waals surface area contributed by atoms with Crippen LogP contribution in [-0.4, -0.2) is 28.9 Å². The Balaban J connectivity index is 1.97. The summed E-state index contributed by atoms with van der Waals surface area (Å²) in [5, 5.41) is 0. The van der Waals surface area contributed by atoms with E-state index in [1.807, 2.05) is 4.90 Å². The highest BCUT2D eigenvalue weighted by Gasteiger charge is 2.39. The van der Waals surface area contributed by atoms with Gasteiger partial charge in [0.2, 0.25) is 5.91 Å². The Morgan fingerprint density at radius 1 is 1.41 bits per heavy atom. The molecule has 1 saturated carbocycles. The average Bonchev–Trinajstić information content (AvgIpc) is 2.84. The van der Waals surface area contributed by atoms with Crippen LogP contribution in [0.15, 0.2) is 0 Å². The van der Waals surface area contributed by atoms with Crippen LogP contribution >= 0.6 is 12.2 Å². The molecule has 0 aromatic rings. The number of fused-ring (bicyclic) bond motifs is 1. The van der Waals surface area contributed by atoms with Gasteiger partial charge in [-0.2, -0.15) is 0 Å². The summed E-state index contributed by atoms with van der Waals surface area (Å²) in [6, 6.07) is 0. The molecule has 4 heteroatoms. The minimum atomic E-state index is -0.228. The van der Waals surface area contributed by atoms with Gasteiger partial charge < -0.3 is 10.6 Å². The lowest BCUT2D eigenvalue weighted by Gasteiger charge is -2.23. The Morgan fingerprint density at radius 3 is 2.47 bits per heavy atom. The van der Waals surface area contributed by atoms with Crippen molar-refractivity contribution in [3.8, 4) is 0 Å². The second-order valence-corrected chi connectivity index (χ2v) is 5.91. The van der Waals surface area contributed by atoms with Crippen molar-refractivity contribution in [3.05, 3.63) is 0 Å². The lowest BCUT2D eigenvalue weighted by atomic mass is 10.0. The van der Waals surface area contributed by atoms with Crippen molar-refractivity contribution in [2.24, 2.45) is 23.5 Å². The Bertz CT molecular complexity index is 307. The lowest BCUT2D eigenvalue weighted by Crippen LogP contribution is -2.40. The number of likely N-dealkylation sites (tertiary alicyclic amines) is 1. The van der Waals surface area contributed by atoms with Crippen LogP contribution < -0.4 is 5.73 Å². The van der Waals surface area contributed by atoms with Crippen molar-refractivity contribution < 1.29 is 4.79 Å². The van der Waals surface area contributed by atoms with E-state index >= 15 is 0 Å². The molecule has 0 aromatic heterocycles. The summed E-state index contributed by atoms with van der Waals surface area (Å²) in [4.78, 5) is 14.7. The van der Waals surface area contributed by atoms with Gasteiger partial charge >= 0.3 is 0 Å². The summed E-state index contributed by atoms with van der Waals surface area (Å²) < 4.78 is 0. The highest BCUT2D eigenvalue weighted by molar-refractivity contribution is 7.80. The van der Waals surface area contributed by atoms with Gasteiger partial charge in [0, 0.05) is 13.1 Å². The lowest BCUT2D eigenvalue weighted by molar-refractivity contribution is -0.132. The summed E-state index contributed by atoms with van der Waals surface area (Å²) in [6.45, 7) is 3.94. The summed E-state index contributed by atoms with van der Waals surface area (Å²) >= 11 is 5.03. The molecule has 96 valence electrons. The molecule has 3 nitrogen and oxygen atoms in total. The maximum Gasteiger partial charge on any atom is 0.232 e. The summed E-state index contributed by atoms with van der Waals surface area (Å²) in [5.74, 6) is 1.43. The molecule has 0 aromatic carbocycles. The predicted octanol–water partition coefficient (Wildman–Crippen LogP) is 1.95. The number of amides is 1. The zero-order chi connectivity index (χ0) is 12.4. The molecule has 3 atom stereocenters. The molecule has 0 radical (unpaired) electrons. The quantitative estimate of drug-likeness (QED) is 0.780. The number of hydrogen-bond donors (Lipinski definition) is 1. The summed E-state index contributed by atoms with van der Waals surface area (Å²) in [6.07, 6.45) is 5.67. The molecule has 1 amide bonds. The van der Waals surface area contributed by atoms with Crippen molar-refractivity contribution in [2.45, 2.75) is 39.0 Å². The fourth-order valence-electron chi connectivity index (χ4n) is 3.31. The first-order chi connectivity index (χ1) is 8.13. The Kier molecular flexibility index (Phi) is 4.02. The van der Waals surface area contributed by atoms with Crippen LogP contribution in [0.4, 0.5) is 0 Å². The Morgan fingerprint density at radius 2 is 2.00 bits per heavy atom. The molecule has 1 saturated heterocycles. The predicted molar refractivity (Wildman–Crippen MR) is 72.6 cm³/mol. The van der Waals surface area contributed by atoms with Gasteiger partial charge in [0.15, 0.2) is 0 Å². The molecule has 1 aliphatic carbocycles. The van der Waals surface area contributed by atoms with Crippen LogP contribution in [0.25, 0.3) is 0 Å². The second-order valence-electron chi connectivity index (χ2n) is 5.44. The maximum atomic E-state index is 12.4. The molecule has 17 heavy (non-hydrogen) atoms. The standard InChI is InChI=1S/C13H22N2OS/c1-2-4-11(12(14)17)13(16)15-7-9-5-3-6-10(9)8-15/h9-11H,2-8H2,1H3,(H2,14,17). The highest BCUT2D eigenvalue weighted by Crippen LogP contribution is 2.38. The molecule has 0 spiro atoms. The minimum absolute atomic E-state index is 0.175. The van der Waals surface area contributed by atoms with E-state index in [0.717, 1.165) is 37.8 Å². The number of rotatable bonds is 4. The first kappa shape index (κ1) is 12.8. The Hall–Kier alpha value is -0.640. The van der Waals surface area contributed by atoms with Crippen LogP contribution in [0, 0.1) is 17.8 Å². The van der Waals surface area contributed by atoms with E-state index < -0.39 is 0 Å². The van der Waals surface area contributed by atoms with E-state index in [-0.39, 0.29) is 11.8 Å². The second kappa shape index (κ2) is 5.34. The SMILES string of the molecule is CCCC(C(=O)N1CC2CCCC2C1)C(N)=S. The third-order valence-electron chi connectivity index (χ3n) is 4.26. The van der Waals surface area contributed by atoms with Crippen molar-refractivity contribution in [3.63, 3.8) is 0 Å². The first-order valence-corrected chi connectivity index (χ1v) is 7.12. The van der Waals surface area contributed by atoms with Crippen LogP contribution in [0.2, 0.25) is 0 Å². The average molecular weight is 254 g/mol. The van der Waals surface area contributed by atoms with Crippen molar-refractivity contribution in [1.29, 1.82) is 0 Å². The van der Waals surface area contributed by atoms with E-state index in [2.05, 4.69) is 6.92 Å². The molecule has 1 heterocycles. The highest BCUT2D eigenvalue weighted by atomic mass is 32.1. The molecule has 2 rings (SSSR count). The fourth-order valence-corrected chi connectivity index (χ4v) is 3.53. The third kappa shape index (κ3) is 2.62. The number of thiocarbonyl (C=S) groups is 1. The molecule has 0 bridgehead atoms. The number of nitrogens with two attached hydrogens (primary N) is 1. The van der Waals surface area contributed by atoms with Gasteiger partial charge in [-0.05, 0) is 31.1 Å². The van der Waals surface area contributed by atoms with Crippen molar-refractivity contribution >= 4 is 23.1 Å². The smallest absolute Gasteiger partial charge is 0.232 e. The van der Waals surface area contributed by atoms with Crippen LogP contribution in [0.1, 0.15) is 39.0 Å². The van der Waals surface area contributed by atoms with E-state index in [9.17, 15) is 4.79 Å². The van der Waals surface area contributed by atoms with Crippen LogP contribution in [0.3, 0.4) is 0 Å². The summed E-state index contributed by atoms with van der Waals surface area (Å²) in [5.41, 5.74) is 5.69. The molecular weight excluding hydrogens is 232 g/mol.